The van der Waals surface area contributed by atoms with Crippen LogP contribution in [0, 0.1) is 5.92 Å². The minimum atomic E-state index is -4.39. The highest BCUT2D eigenvalue weighted by Gasteiger charge is 2.36. The Bertz CT molecular complexity index is 278. The van der Waals surface area contributed by atoms with Crippen LogP contribution in [0.4, 0.5) is 13.2 Å². The molecular weight excluding hydrogens is 215 g/mol. The normalized spacial score (nSPS) is 22.9. The summed E-state index contributed by atoms with van der Waals surface area (Å²) in [6.45, 7) is 3.81. The van der Waals surface area contributed by atoms with Gasteiger partial charge in [-0.05, 0) is 12.0 Å². The highest BCUT2D eigenvalue weighted by Crippen LogP contribution is 2.32. The molecule has 1 rings (SSSR count). The van der Waals surface area contributed by atoms with Gasteiger partial charge in [-0.25, -0.2) is 0 Å². The van der Waals surface area contributed by atoms with Gasteiger partial charge >= 0.3 is 6.18 Å². The summed E-state index contributed by atoms with van der Waals surface area (Å²) >= 11 is 5.50. The highest BCUT2D eigenvalue weighted by molar-refractivity contribution is 6.30. The number of hydrogen-bond acceptors (Lipinski definition) is 1. The Morgan fingerprint density at radius 2 is 2.00 bits per heavy atom. The van der Waals surface area contributed by atoms with E-state index in [0.29, 0.717) is 0 Å². The summed E-state index contributed by atoms with van der Waals surface area (Å²) in [5.74, 6) is 0.204. The Balaban J connectivity index is 2.85. The number of hydrogen-bond donors (Lipinski definition) is 1. The molecule has 0 saturated heterocycles. The molecule has 14 heavy (non-hydrogen) atoms. The molecule has 5 heteroatoms. The van der Waals surface area contributed by atoms with Crippen molar-refractivity contribution in [3.63, 3.8) is 0 Å². The Kier molecular flexibility index (Phi) is 3.14. The van der Waals surface area contributed by atoms with Crippen molar-refractivity contribution in [3.05, 3.63) is 22.9 Å². The third-order valence-electron chi connectivity index (χ3n) is 2.02. The number of rotatable bonds is 1. The van der Waals surface area contributed by atoms with Crippen LogP contribution in [0.25, 0.3) is 0 Å². The van der Waals surface area contributed by atoms with Crippen LogP contribution in [0.1, 0.15) is 13.8 Å². The Hall–Kier alpha value is -0.640. The van der Waals surface area contributed by atoms with Crippen LogP contribution in [0.15, 0.2) is 22.9 Å². The first-order valence-electron chi connectivity index (χ1n) is 4.24. The van der Waals surface area contributed by atoms with E-state index in [-0.39, 0.29) is 17.1 Å². The lowest BCUT2D eigenvalue weighted by Gasteiger charge is -2.25. The lowest BCUT2D eigenvalue weighted by atomic mass is 10.0. The van der Waals surface area contributed by atoms with E-state index in [1.165, 1.54) is 6.08 Å². The number of allylic oxidation sites excluding steroid dienone is 2. The molecule has 0 aromatic rings. The van der Waals surface area contributed by atoms with Crippen molar-refractivity contribution in [3.8, 4) is 0 Å². The van der Waals surface area contributed by atoms with Gasteiger partial charge in [-0.2, -0.15) is 13.2 Å². The fourth-order valence-electron chi connectivity index (χ4n) is 1.15. The van der Waals surface area contributed by atoms with Crippen molar-refractivity contribution in [2.75, 3.05) is 0 Å². The van der Waals surface area contributed by atoms with Gasteiger partial charge in [-0.15, -0.1) is 0 Å². The fourth-order valence-corrected chi connectivity index (χ4v) is 1.45. The SMILES string of the molecule is CC(C)C1C=CC(C(F)(F)F)=C(Cl)N1. The second-order valence-electron chi connectivity index (χ2n) is 3.50. The lowest BCUT2D eigenvalue weighted by molar-refractivity contribution is -0.0891. The molecule has 0 radical (unpaired) electrons. The van der Waals surface area contributed by atoms with E-state index in [0.717, 1.165) is 6.08 Å². The minimum absolute atomic E-state index is 0.131. The molecule has 1 unspecified atom stereocenters. The van der Waals surface area contributed by atoms with Crippen LogP contribution in [-0.4, -0.2) is 12.2 Å². The van der Waals surface area contributed by atoms with Crippen molar-refractivity contribution in [2.45, 2.75) is 26.1 Å². The van der Waals surface area contributed by atoms with Crippen LogP contribution in [-0.2, 0) is 0 Å². The summed E-state index contributed by atoms with van der Waals surface area (Å²) in [5.41, 5.74) is -0.809. The first-order chi connectivity index (χ1) is 6.32. The molecule has 1 heterocycles. The molecule has 0 amide bonds. The van der Waals surface area contributed by atoms with E-state index >= 15 is 0 Å². The van der Waals surface area contributed by atoms with E-state index in [1.54, 1.807) is 0 Å². The molecule has 0 spiro atoms. The Morgan fingerprint density at radius 1 is 1.43 bits per heavy atom. The van der Waals surface area contributed by atoms with E-state index in [4.69, 9.17) is 11.6 Å². The standard InChI is InChI=1S/C9H11ClF3N/c1-5(2)7-4-3-6(8(10)14-7)9(11,12)13/h3-5,7,14H,1-2H3. The van der Waals surface area contributed by atoms with Gasteiger partial charge in [0.05, 0.1) is 5.57 Å². The first kappa shape index (κ1) is 11.4. The summed E-state index contributed by atoms with van der Waals surface area (Å²) in [7, 11) is 0. The smallest absolute Gasteiger partial charge is 0.369 e. The largest absolute Gasteiger partial charge is 0.419 e. The van der Waals surface area contributed by atoms with Gasteiger partial charge in [0.15, 0.2) is 0 Å². The van der Waals surface area contributed by atoms with Crippen molar-refractivity contribution >= 4 is 11.6 Å². The minimum Gasteiger partial charge on any atom is -0.369 e. The summed E-state index contributed by atoms with van der Waals surface area (Å²) in [4.78, 5) is 0. The summed E-state index contributed by atoms with van der Waals surface area (Å²) < 4.78 is 36.9. The summed E-state index contributed by atoms with van der Waals surface area (Å²) in [6.07, 6.45) is -1.87. The van der Waals surface area contributed by atoms with Crippen LogP contribution in [0.5, 0.6) is 0 Å². The maximum atomic E-state index is 12.3. The zero-order valence-electron chi connectivity index (χ0n) is 7.82. The zero-order valence-corrected chi connectivity index (χ0v) is 8.58. The van der Waals surface area contributed by atoms with Gasteiger partial charge in [-0.3, -0.25) is 0 Å². The molecule has 80 valence electrons. The predicted octanol–water partition coefficient (Wildman–Crippen LogP) is 3.18. The van der Waals surface area contributed by atoms with Crippen molar-refractivity contribution in [1.29, 1.82) is 0 Å². The molecular formula is C9H11ClF3N. The Labute approximate surface area is 85.6 Å². The first-order valence-corrected chi connectivity index (χ1v) is 4.62. The molecule has 0 bridgehead atoms. The van der Waals surface area contributed by atoms with E-state index in [2.05, 4.69) is 5.32 Å². The van der Waals surface area contributed by atoms with E-state index in [9.17, 15) is 13.2 Å². The highest BCUT2D eigenvalue weighted by atomic mass is 35.5. The second kappa shape index (κ2) is 3.85. The molecule has 0 aliphatic carbocycles. The van der Waals surface area contributed by atoms with Gasteiger partial charge in [-0.1, -0.05) is 31.5 Å². The number of nitrogens with one attached hydrogen (secondary N) is 1. The lowest BCUT2D eigenvalue weighted by Crippen LogP contribution is -2.34. The maximum Gasteiger partial charge on any atom is 0.419 e. The molecule has 0 aromatic heterocycles. The van der Waals surface area contributed by atoms with Crippen molar-refractivity contribution in [1.82, 2.24) is 5.32 Å². The van der Waals surface area contributed by atoms with Gasteiger partial charge in [0.2, 0.25) is 0 Å². The molecule has 1 N–H and O–H groups in total. The van der Waals surface area contributed by atoms with E-state index in [1.807, 2.05) is 13.8 Å². The molecule has 1 aliphatic heterocycles. The van der Waals surface area contributed by atoms with Gasteiger partial charge in [0.1, 0.15) is 5.16 Å². The van der Waals surface area contributed by atoms with Crippen molar-refractivity contribution < 1.29 is 13.2 Å². The van der Waals surface area contributed by atoms with Crippen LogP contribution in [0.3, 0.4) is 0 Å². The average Bonchev–Trinajstić information content (AvgIpc) is 2.01. The number of alkyl halides is 3. The topological polar surface area (TPSA) is 12.0 Å². The Morgan fingerprint density at radius 3 is 2.36 bits per heavy atom. The summed E-state index contributed by atoms with van der Waals surface area (Å²) in [6, 6.07) is -0.131. The average molecular weight is 226 g/mol. The third-order valence-corrected chi connectivity index (χ3v) is 2.34. The van der Waals surface area contributed by atoms with Crippen LogP contribution in [0.2, 0.25) is 0 Å². The second-order valence-corrected chi connectivity index (χ2v) is 3.88. The maximum absolute atomic E-state index is 12.3. The van der Waals surface area contributed by atoms with Gasteiger partial charge < -0.3 is 5.32 Å². The quantitative estimate of drug-likeness (QED) is 0.676. The molecule has 1 aliphatic rings. The van der Waals surface area contributed by atoms with Gasteiger partial charge in [0, 0.05) is 6.04 Å². The molecule has 0 saturated carbocycles. The zero-order chi connectivity index (χ0) is 10.9. The number of dihydropyridines is 1. The monoisotopic (exact) mass is 225 g/mol. The summed E-state index contributed by atoms with van der Waals surface area (Å²) in [5, 5.41) is 2.29. The van der Waals surface area contributed by atoms with E-state index < -0.39 is 11.7 Å². The van der Waals surface area contributed by atoms with Crippen LogP contribution < -0.4 is 5.32 Å². The molecule has 0 aromatic carbocycles. The molecule has 1 nitrogen and oxygen atoms in total. The third kappa shape index (κ3) is 2.44. The molecule has 0 fully saturated rings. The number of halogens is 4. The molecule has 1 atom stereocenters. The van der Waals surface area contributed by atoms with Crippen molar-refractivity contribution in [2.24, 2.45) is 5.92 Å². The van der Waals surface area contributed by atoms with Crippen LogP contribution >= 0.6 is 11.6 Å². The van der Waals surface area contributed by atoms with Gasteiger partial charge in [0.25, 0.3) is 0 Å². The predicted molar refractivity (Wildman–Crippen MR) is 49.8 cm³/mol. The fraction of sp³-hybridized carbons (Fsp3) is 0.556.